The second-order valence-electron chi connectivity index (χ2n) is 10.2. The van der Waals surface area contributed by atoms with Gasteiger partial charge >= 0.3 is 5.97 Å². The van der Waals surface area contributed by atoms with Crippen LogP contribution in [-0.4, -0.2) is 106 Å². The number of hydrogen-bond donors (Lipinski definition) is 11. The first-order valence-corrected chi connectivity index (χ1v) is 13.0. The van der Waals surface area contributed by atoms with Crippen LogP contribution in [0.3, 0.4) is 0 Å². The van der Waals surface area contributed by atoms with E-state index in [-0.39, 0.29) is 40.4 Å². The third kappa shape index (κ3) is 5.71. The number of fused-ring (bicyclic) bond motifs is 1. The molecule has 0 radical (unpaired) electrons. The molecule has 236 valence electrons. The predicted molar refractivity (Wildman–Crippen MR) is 142 cm³/mol. The van der Waals surface area contributed by atoms with Crippen LogP contribution in [0.5, 0.6) is 51.7 Å². The number of benzene rings is 3. The summed E-state index contributed by atoms with van der Waals surface area (Å²) in [6.07, 6.45) is -11.4. The van der Waals surface area contributed by atoms with Crippen molar-refractivity contribution < 1.29 is 79.9 Å². The molecule has 44 heavy (non-hydrogen) atoms. The van der Waals surface area contributed by atoms with Gasteiger partial charge in [-0.25, -0.2) is 4.79 Å². The Morgan fingerprint density at radius 2 is 1.34 bits per heavy atom. The van der Waals surface area contributed by atoms with Gasteiger partial charge in [0.2, 0.25) is 0 Å². The highest BCUT2D eigenvalue weighted by Crippen LogP contribution is 2.46. The van der Waals surface area contributed by atoms with Crippen molar-refractivity contribution in [3.8, 4) is 51.7 Å². The number of rotatable bonds is 6. The summed E-state index contributed by atoms with van der Waals surface area (Å²) in [5.41, 5.74) is -0.162. The molecule has 3 aromatic carbocycles. The fourth-order valence-electron chi connectivity index (χ4n) is 4.94. The van der Waals surface area contributed by atoms with Crippen LogP contribution in [0.15, 0.2) is 36.4 Å². The van der Waals surface area contributed by atoms with E-state index in [4.69, 9.17) is 18.9 Å². The van der Waals surface area contributed by atoms with E-state index < -0.39 is 90.0 Å². The van der Waals surface area contributed by atoms with Crippen molar-refractivity contribution in [3.05, 3.63) is 53.1 Å². The van der Waals surface area contributed by atoms with Gasteiger partial charge in [-0.15, -0.1) is 0 Å². The van der Waals surface area contributed by atoms with Gasteiger partial charge in [-0.3, -0.25) is 0 Å². The molecular weight excluding hydrogens is 592 g/mol. The number of phenols is 8. The summed E-state index contributed by atoms with van der Waals surface area (Å²) in [4.78, 5) is 12.5. The van der Waals surface area contributed by atoms with Crippen LogP contribution in [0.4, 0.5) is 0 Å². The fraction of sp³-hybridized carbons (Fsp3) is 0.321. The van der Waals surface area contributed by atoms with Crippen LogP contribution < -0.4 is 4.74 Å². The van der Waals surface area contributed by atoms with Crippen molar-refractivity contribution in [2.24, 2.45) is 0 Å². The minimum Gasteiger partial charge on any atom is -0.508 e. The molecule has 5 rings (SSSR count). The Morgan fingerprint density at radius 1 is 0.750 bits per heavy atom. The maximum absolute atomic E-state index is 12.5. The highest BCUT2D eigenvalue weighted by molar-refractivity contribution is 5.91. The molecule has 2 aliphatic heterocycles. The zero-order valence-corrected chi connectivity index (χ0v) is 22.4. The first-order valence-electron chi connectivity index (χ1n) is 13.0. The minimum atomic E-state index is -1.89. The van der Waals surface area contributed by atoms with Crippen molar-refractivity contribution in [3.63, 3.8) is 0 Å². The van der Waals surface area contributed by atoms with Crippen molar-refractivity contribution in [2.75, 3.05) is 6.61 Å². The van der Waals surface area contributed by atoms with E-state index in [0.717, 1.165) is 30.3 Å². The van der Waals surface area contributed by atoms with Gasteiger partial charge in [0.25, 0.3) is 0 Å². The van der Waals surface area contributed by atoms with Gasteiger partial charge in [-0.1, -0.05) is 0 Å². The molecule has 2 heterocycles. The van der Waals surface area contributed by atoms with Crippen LogP contribution >= 0.6 is 0 Å². The van der Waals surface area contributed by atoms with Gasteiger partial charge in [0.1, 0.15) is 54.4 Å². The molecule has 16 nitrogen and oxygen atoms in total. The highest BCUT2D eigenvalue weighted by atomic mass is 16.7. The molecule has 1 saturated heterocycles. The van der Waals surface area contributed by atoms with Gasteiger partial charge < -0.3 is 75.1 Å². The van der Waals surface area contributed by atoms with Gasteiger partial charge in [-0.05, 0) is 24.3 Å². The number of ether oxygens (including phenoxy) is 4. The molecular formula is C28H28O16. The Hall–Kier alpha value is -4.87. The molecule has 1 fully saturated rings. The average Bonchev–Trinajstić information content (AvgIpc) is 2.97. The number of carbonyl (C=O) groups is 1. The molecule has 0 saturated carbocycles. The molecule has 11 N–H and O–H groups in total. The van der Waals surface area contributed by atoms with E-state index in [9.17, 15) is 61.0 Å². The Labute approximate surface area is 247 Å². The smallest absolute Gasteiger partial charge is 0.338 e. The van der Waals surface area contributed by atoms with Crippen molar-refractivity contribution >= 4 is 5.97 Å². The van der Waals surface area contributed by atoms with E-state index in [2.05, 4.69) is 0 Å². The van der Waals surface area contributed by atoms with Gasteiger partial charge in [-0.2, -0.15) is 0 Å². The number of aliphatic hydroxyl groups excluding tert-OH is 3. The Morgan fingerprint density at radius 3 is 1.95 bits per heavy atom. The van der Waals surface area contributed by atoms with E-state index in [1.165, 1.54) is 6.07 Å². The summed E-state index contributed by atoms with van der Waals surface area (Å²) in [5.74, 6) is -6.53. The molecule has 7 unspecified atom stereocenters. The van der Waals surface area contributed by atoms with Crippen molar-refractivity contribution in [1.29, 1.82) is 0 Å². The molecule has 7 atom stereocenters. The molecule has 2 aliphatic rings. The molecule has 0 amide bonds. The summed E-state index contributed by atoms with van der Waals surface area (Å²) in [6, 6.07) is 5.98. The molecule has 0 spiro atoms. The lowest BCUT2D eigenvalue weighted by atomic mass is 9.93. The molecule has 0 aliphatic carbocycles. The second-order valence-corrected chi connectivity index (χ2v) is 10.2. The summed E-state index contributed by atoms with van der Waals surface area (Å²) >= 11 is 0. The Bertz CT molecular complexity index is 1530. The maximum Gasteiger partial charge on any atom is 0.338 e. The number of hydrogen-bond acceptors (Lipinski definition) is 16. The highest BCUT2D eigenvalue weighted by Gasteiger charge is 2.47. The average molecular weight is 621 g/mol. The summed E-state index contributed by atoms with van der Waals surface area (Å²) in [7, 11) is 0. The van der Waals surface area contributed by atoms with Crippen molar-refractivity contribution in [1.82, 2.24) is 0 Å². The number of esters is 1. The first-order chi connectivity index (χ1) is 20.7. The SMILES string of the molecule is O=C(OCC1OC(OC2Cc3c(O)cc(O)cc3OC2c2cc(O)c(O)c(O)c2)C(O)C(O)C1O)c1cc(O)c(O)c(O)c1. The zero-order chi connectivity index (χ0) is 32.0. The van der Waals surface area contributed by atoms with Crippen LogP contribution in [0, 0.1) is 0 Å². The zero-order valence-electron chi connectivity index (χ0n) is 22.4. The van der Waals surface area contributed by atoms with Gasteiger partial charge in [0.05, 0.1) is 5.56 Å². The van der Waals surface area contributed by atoms with Crippen molar-refractivity contribution in [2.45, 2.75) is 49.3 Å². The third-order valence-corrected chi connectivity index (χ3v) is 7.25. The van der Waals surface area contributed by atoms with Crippen LogP contribution in [0.2, 0.25) is 0 Å². The lowest BCUT2D eigenvalue weighted by molar-refractivity contribution is -0.317. The lowest BCUT2D eigenvalue weighted by Gasteiger charge is -2.43. The first kappa shape index (κ1) is 30.6. The van der Waals surface area contributed by atoms with Crippen LogP contribution in [-0.2, 0) is 20.6 Å². The summed E-state index contributed by atoms with van der Waals surface area (Å²) < 4.78 is 22.6. The predicted octanol–water partition coefficient (Wildman–Crippen LogP) is 0.0574. The van der Waals surface area contributed by atoms with Crippen LogP contribution in [0.25, 0.3) is 0 Å². The summed E-state index contributed by atoms with van der Waals surface area (Å²) in [6.45, 7) is -0.723. The quantitative estimate of drug-likeness (QED) is 0.128. The lowest BCUT2D eigenvalue weighted by Crippen LogP contribution is -2.60. The second kappa shape index (κ2) is 11.7. The standard InChI is InChI=1S/C28H28O16/c29-11-5-13(30)12-7-19(26(42-18(12)6-11)9-1-14(31)21(35)15(32)2-9)43-28-25(39)24(38)23(37)20(44-28)8-41-27(40)10-3-16(33)22(36)17(34)4-10/h1-6,19-20,23-26,28-39H,7-8H2. The summed E-state index contributed by atoms with van der Waals surface area (Å²) in [5, 5.41) is 111. The molecule has 0 aromatic heterocycles. The Balaban J connectivity index is 1.39. The minimum absolute atomic E-state index is 0.0102. The Kier molecular flexibility index (Phi) is 8.11. The number of phenolic OH excluding ortho intramolecular Hbond substituents is 8. The molecule has 3 aromatic rings. The van der Waals surface area contributed by atoms with E-state index in [0.29, 0.717) is 0 Å². The number of aliphatic hydroxyl groups is 3. The molecule has 0 bridgehead atoms. The van der Waals surface area contributed by atoms with Gasteiger partial charge in [0.15, 0.2) is 46.9 Å². The van der Waals surface area contributed by atoms with E-state index in [1.54, 1.807) is 0 Å². The fourth-order valence-corrected chi connectivity index (χ4v) is 4.94. The largest absolute Gasteiger partial charge is 0.508 e. The maximum atomic E-state index is 12.5. The van der Waals surface area contributed by atoms with E-state index in [1.807, 2.05) is 0 Å². The van der Waals surface area contributed by atoms with Gasteiger partial charge in [0, 0.05) is 29.7 Å². The van der Waals surface area contributed by atoms with Crippen LogP contribution in [0.1, 0.15) is 27.6 Å². The molecule has 16 heteroatoms. The third-order valence-electron chi connectivity index (χ3n) is 7.25. The van der Waals surface area contributed by atoms with E-state index >= 15 is 0 Å². The number of aromatic hydroxyl groups is 8. The normalized spacial score (nSPS) is 26.4. The topological polar surface area (TPSA) is 277 Å². The number of carbonyl (C=O) groups excluding carboxylic acids is 1. The monoisotopic (exact) mass is 620 g/mol.